The van der Waals surface area contributed by atoms with Gasteiger partial charge in [0, 0.05) is 38.1 Å². The molecule has 6 unspecified atom stereocenters. The van der Waals surface area contributed by atoms with Crippen LogP contribution in [0.15, 0.2) is 52.3 Å². The maximum absolute atomic E-state index is 14.9. The van der Waals surface area contributed by atoms with E-state index in [0.717, 1.165) is 6.42 Å². The highest BCUT2D eigenvalue weighted by atomic mass is 16.6. The highest BCUT2D eigenvalue weighted by Crippen LogP contribution is 2.51. The Hall–Kier alpha value is -4.36. The lowest BCUT2D eigenvalue weighted by atomic mass is 9.60. The van der Waals surface area contributed by atoms with E-state index in [1.165, 1.54) is 31.9 Å². The third-order valence-electron chi connectivity index (χ3n) is 12.5. The molecule has 336 valence electrons. The molecule has 14 heteroatoms. The molecule has 4 rings (SSSR count). The lowest BCUT2D eigenvalue weighted by Crippen LogP contribution is -2.60. The quantitative estimate of drug-likeness (QED) is 0.100. The van der Waals surface area contributed by atoms with Crippen LogP contribution >= 0.6 is 0 Å². The summed E-state index contributed by atoms with van der Waals surface area (Å²) in [6, 6.07) is -0.575. The second-order valence-electron chi connectivity index (χ2n) is 21.8. The SMILES string of the molecule is C=CCOC(=O)CC1CC(C)(C)CC(C)(Cn2c(=O)n(CC3(C)CC(NC(=O)OCC=C)CC(C)(C)C3)c(=O)n(CC3(C)CC(NC(=O)OCC=C)CC(C)(C)C3)c2=O)C1. The minimum atomic E-state index is -0.683. The van der Waals surface area contributed by atoms with Crippen molar-refractivity contribution in [1.29, 1.82) is 0 Å². The molecule has 1 aromatic heterocycles. The topological polar surface area (TPSA) is 169 Å². The van der Waals surface area contributed by atoms with Gasteiger partial charge < -0.3 is 24.8 Å². The van der Waals surface area contributed by atoms with Crippen molar-refractivity contribution >= 4 is 18.2 Å². The van der Waals surface area contributed by atoms with Gasteiger partial charge >= 0.3 is 35.2 Å². The number of carbonyl (C=O) groups is 3. The van der Waals surface area contributed by atoms with Crippen LogP contribution in [-0.4, -0.2) is 63.8 Å². The fourth-order valence-electron chi connectivity index (χ4n) is 12.2. The van der Waals surface area contributed by atoms with Crippen LogP contribution in [0.5, 0.6) is 0 Å². The molecule has 1 heterocycles. The Labute approximate surface area is 356 Å². The first-order chi connectivity index (χ1) is 27.7. The van der Waals surface area contributed by atoms with E-state index < -0.39 is 45.5 Å². The van der Waals surface area contributed by atoms with Crippen molar-refractivity contribution in [3.8, 4) is 0 Å². The van der Waals surface area contributed by atoms with Crippen molar-refractivity contribution in [3.63, 3.8) is 0 Å². The summed E-state index contributed by atoms with van der Waals surface area (Å²) in [5.41, 5.74) is -4.62. The molecule has 0 spiro atoms. The molecular formula is C46H73N5O9. The molecule has 0 saturated heterocycles. The van der Waals surface area contributed by atoms with Crippen LogP contribution in [0.2, 0.25) is 0 Å². The van der Waals surface area contributed by atoms with Gasteiger partial charge in [0.2, 0.25) is 0 Å². The average Bonchev–Trinajstić information content (AvgIpc) is 3.08. The fourth-order valence-corrected chi connectivity index (χ4v) is 12.2. The summed E-state index contributed by atoms with van der Waals surface area (Å²) in [5, 5.41) is 5.97. The Morgan fingerprint density at radius 2 is 0.883 bits per heavy atom. The van der Waals surface area contributed by atoms with E-state index in [1.54, 1.807) is 0 Å². The molecule has 0 aromatic carbocycles. The number of rotatable bonds is 16. The molecule has 0 bridgehead atoms. The first-order valence-corrected chi connectivity index (χ1v) is 21.5. The molecule has 2 amide bonds. The van der Waals surface area contributed by atoms with Gasteiger partial charge in [-0.1, -0.05) is 100 Å². The van der Waals surface area contributed by atoms with Gasteiger partial charge in [0.25, 0.3) is 0 Å². The molecule has 6 atom stereocenters. The van der Waals surface area contributed by atoms with Gasteiger partial charge in [-0.2, -0.15) is 0 Å². The standard InChI is InChI=1S/C46H73N5O9/c1-13-16-58-35(52)19-32-20-41(4,5)26-44(10,21-32)29-49-38(55)50(30-45(11)24-33(22-42(6,7)27-45)47-36(53)59-17-14-2)40(57)51(39(49)56)31-46(12)25-34(23-43(8,9)28-46)48-37(54)60-18-15-3/h13-15,32-34H,1-3,16-31H2,4-12H3,(H,47,53)(H,48,54). The van der Waals surface area contributed by atoms with Crippen LogP contribution in [0.25, 0.3) is 0 Å². The minimum Gasteiger partial charge on any atom is -0.461 e. The third-order valence-corrected chi connectivity index (χ3v) is 12.5. The second kappa shape index (κ2) is 18.7. The van der Waals surface area contributed by atoms with E-state index in [1.807, 2.05) is 13.8 Å². The summed E-state index contributed by atoms with van der Waals surface area (Å²) >= 11 is 0. The predicted octanol–water partition coefficient (Wildman–Crippen LogP) is 7.12. The average molecular weight is 840 g/mol. The van der Waals surface area contributed by atoms with E-state index >= 15 is 0 Å². The Morgan fingerprint density at radius 1 is 0.550 bits per heavy atom. The van der Waals surface area contributed by atoms with Gasteiger partial charge in [0.05, 0.1) is 0 Å². The monoisotopic (exact) mass is 840 g/mol. The molecule has 1 aromatic rings. The van der Waals surface area contributed by atoms with Crippen molar-refractivity contribution in [2.45, 2.75) is 158 Å². The lowest BCUT2D eigenvalue weighted by molar-refractivity contribution is -0.144. The highest BCUT2D eigenvalue weighted by molar-refractivity contribution is 5.70. The van der Waals surface area contributed by atoms with Crippen molar-refractivity contribution in [3.05, 3.63) is 69.4 Å². The number of aromatic nitrogens is 3. The molecule has 3 saturated carbocycles. The van der Waals surface area contributed by atoms with E-state index in [-0.39, 0.29) is 86.1 Å². The van der Waals surface area contributed by atoms with Crippen LogP contribution < -0.4 is 27.7 Å². The summed E-state index contributed by atoms with van der Waals surface area (Å²) in [6.07, 6.45) is 9.26. The zero-order valence-electron chi connectivity index (χ0n) is 37.9. The predicted molar refractivity (Wildman–Crippen MR) is 233 cm³/mol. The number of esters is 1. The van der Waals surface area contributed by atoms with Crippen molar-refractivity contribution in [2.24, 2.45) is 38.4 Å². The van der Waals surface area contributed by atoms with Crippen molar-refractivity contribution < 1.29 is 28.6 Å². The lowest BCUT2D eigenvalue weighted by Gasteiger charge is -2.48. The van der Waals surface area contributed by atoms with Gasteiger partial charge in [-0.3, -0.25) is 4.79 Å². The Bertz CT molecular complexity index is 1710. The number of hydrogen-bond acceptors (Lipinski definition) is 9. The van der Waals surface area contributed by atoms with Crippen molar-refractivity contribution in [2.75, 3.05) is 19.8 Å². The van der Waals surface area contributed by atoms with Crippen LogP contribution in [0.1, 0.15) is 127 Å². The number of nitrogens with one attached hydrogen (secondary N) is 2. The van der Waals surface area contributed by atoms with Gasteiger partial charge in [0.15, 0.2) is 0 Å². The van der Waals surface area contributed by atoms with Crippen molar-refractivity contribution in [1.82, 2.24) is 24.3 Å². The van der Waals surface area contributed by atoms with Crippen LogP contribution in [0, 0.1) is 38.4 Å². The number of hydrogen-bond donors (Lipinski definition) is 2. The Kier molecular flexibility index (Phi) is 15.1. The molecule has 2 N–H and O–H groups in total. The largest absolute Gasteiger partial charge is 0.461 e. The summed E-state index contributed by atoms with van der Waals surface area (Å²) in [7, 11) is 0. The van der Waals surface area contributed by atoms with Gasteiger partial charge in [-0.25, -0.2) is 37.7 Å². The Morgan fingerprint density at radius 3 is 1.25 bits per heavy atom. The molecule has 3 aliphatic rings. The van der Waals surface area contributed by atoms with Crippen LogP contribution in [-0.2, 0) is 38.6 Å². The van der Waals surface area contributed by atoms with Gasteiger partial charge in [-0.05, 0) is 96.2 Å². The fraction of sp³-hybridized carbons (Fsp3) is 0.739. The van der Waals surface area contributed by atoms with Crippen LogP contribution in [0.3, 0.4) is 0 Å². The summed E-state index contributed by atoms with van der Waals surface area (Å²) in [5.74, 6) is -0.360. The Balaban J connectivity index is 1.81. The second-order valence-corrected chi connectivity index (χ2v) is 21.8. The normalized spacial score (nSPS) is 29.3. The third kappa shape index (κ3) is 13.1. The molecule has 3 fully saturated rings. The highest BCUT2D eigenvalue weighted by Gasteiger charge is 2.47. The first kappa shape index (κ1) is 48.3. The number of alkyl carbamates (subject to hydrolysis) is 2. The first-order valence-electron chi connectivity index (χ1n) is 21.5. The molecular weight excluding hydrogens is 767 g/mol. The minimum absolute atomic E-state index is 0.0236. The maximum Gasteiger partial charge on any atom is 0.407 e. The molecule has 3 aliphatic carbocycles. The van der Waals surface area contributed by atoms with E-state index in [9.17, 15) is 28.8 Å². The zero-order valence-corrected chi connectivity index (χ0v) is 37.9. The maximum atomic E-state index is 14.9. The zero-order chi connectivity index (χ0) is 44.9. The number of carbonyl (C=O) groups excluding carboxylic acids is 3. The summed E-state index contributed by atoms with van der Waals surface area (Å²) in [4.78, 5) is 82.8. The summed E-state index contributed by atoms with van der Waals surface area (Å²) in [6.45, 7) is 30.0. The molecule has 0 aliphatic heterocycles. The molecule has 0 radical (unpaired) electrons. The van der Waals surface area contributed by atoms with E-state index in [0.29, 0.717) is 51.4 Å². The van der Waals surface area contributed by atoms with Crippen LogP contribution in [0.4, 0.5) is 9.59 Å². The van der Waals surface area contributed by atoms with Gasteiger partial charge in [0.1, 0.15) is 19.8 Å². The number of nitrogens with zero attached hydrogens (tertiary/aromatic N) is 3. The summed E-state index contributed by atoms with van der Waals surface area (Å²) < 4.78 is 19.5. The number of amides is 2. The van der Waals surface area contributed by atoms with E-state index in [4.69, 9.17) is 14.2 Å². The molecule has 14 nitrogen and oxygen atoms in total. The number of ether oxygens (including phenoxy) is 3. The molecule has 60 heavy (non-hydrogen) atoms. The smallest absolute Gasteiger partial charge is 0.407 e. The van der Waals surface area contributed by atoms with Gasteiger partial charge in [-0.15, -0.1) is 0 Å². The van der Waals surface area contributed by atoms with E-state index in [2.05, 4.69) is 78.8 Å².